The van der Waals surface area contributed by atoms with E-state index in [1.54, 1.807) is 6.92 Å². The summed E-state index contributed by atoms with van der Waals surface area (Å²) in [5.74, 6) is 0. The second-order valence-electron chi connectivity index (χ2n) is 1.77. The van der Waals surface area contributed by atoms with Crippen LogP contribution in [0, 0.1) is 0 Å². The first-order valence-corrected chi connectivity index (χ1v) is 3.01. The highest BCUT2D eigenvalue weighted by Gasteiger charge is 2.36. The highest BCUT2D eigenvalue weighted by Crippen LogP contribution is 2.20. The molecule has 0 heterocycles. The van der Waals surface area contributed by atoms with Gasteiger partial charge in [0, 0.05) is 0 Å². The van der Waals surface area contributed by atoms with E-state index >= 15 is 0 Å². The molecule has 0 spiro atoms. The predicted octanol–water partition coefficient (Wildman–Crippen LogP) is 1.46. The smallest absolute Gasteiger partial charge is 0.418 e. The van der Waals surface area contributed by atoms with Crippen molar-refractivity contribution in [2.45, 2.75) is 19.2 Å². The van der Waals surface area contributed by atoms with Gasteiger partial charge < -0.3 is 9.84 Å². The van der Waals surface area contributed by atoms with Gasteiger partial charge in [0.05, 0.1) is 12.9 Å². The maximum atomic E-state index is 11.5. The van der Waals surface area contributed by atoms with Gasteiger partial charge in [-0.3, -0.25) is 0 Å². The Morgan fingerprint density at radius 3 is 2.45 bits per heavy atom. The average Bonchev–Trinajstić information content (AvgIpc) is 1.86. The van der Waals surface area contributed by atoms with E-state index in [4.69, 9.17) is 5.11 Å². The molecule has 0 aliphatic heterocycles. The molecule has 0 fully saturated rings. The van der Waals surface area contributed by atoms with Crippen LogP contribution in [0.2, 0.25) is 0 Å². The summed E-state index contributed by atoms with van der Waals surface area (Å²) in [6, 6.07) is 0. The fourth-order valence-corrected chi connectivity index (χ4v) is 0.335. The molecule has 0 unspecified atom stereocenters. The van der Waals surface area contributed by atoms with Crippen molar-refractivity contribution in [3.05, 3.63) is 12.3 Å². The molecule has 0 aliphatic rings. The summed E-state index contributed by atoms with van der Waals surface area (Å²) >= 11 is 0. The van der Waals surface area contributed by atoms with Gasteiger partial charge in [0.15, 0.2) is 6.10 Å². The van der Waals surface area contributed by atoms with Crippen molar-refractivity contribution < 1.29 is 23.0 Å². The Morgan fingerprint density at radius 1 is 1.55 bits per heavy atom. The highest BCUT2D eigenvalue weighted by molar-refractivity contribution is 4.87. The second kappa shape index (κ2) is 4.23. The monoisotopic (exact) mass is 170 g/mol. The molecule has 0 aliphatic carbocycles. The predicted molar refractivity (Wildman–Crippen MR) is 32.8 cm³/mol. The second-order valence-corrected chi connectivity index (χ2v) is 1.77. The molecule has 1 N–H and O–H groups in total. The van der Waals surface area contributed by atoms with Crippen molar-refractivity contribution in [1.29, 1.82) is 0 Å². The van der Waals surface area contributed by atoms with Crippen LogP contribution in [0.5, 0.6) is 0 Å². The Bertz CT molecular complexity index is 130. The van der Waals surface area contributed by atoms with E-state index in [1.165, 1.54) is 0 Å². The minimum Gasteiger partial charge on any atom is -0.502 e. The number of hydrogen-bond acceptors (Lipinski definition) is 2. The van der Waals surface area contributed by atoms with Gasteiger partial charge >= 0.3 is 6.18 Å². The van der Waals surface area contributed by atoms with E-state index in [0.29, 0.717) is 6.08 Å². The van der Waals surface area contributed by atoms with Gasteiger partial charge in [-0.2, -0.15) is 13.2 Å². The topological polar surface area (TPSA) is 29.5 Å². The Kier molecular flexibility index (Phi) is 3.95. The summed E-state index contributed by atoms with van der Waals surface area (Å²) in [6.45, 7) is 1.91. The third-order valence-corrected chi connectivity index (χ3v) is 0.859. The Balaban J connectivity index is 3.77. The zero-order valence-corrected chi connectivity index (χ0v) is 5.93. The van der Waals surface area contributed by atoms with E-state index in [9.17, 15) is 13.2 Å². The van der Waals surface area contributed by atoms with E-state index in [1.807, 2.05) is 0 Å². The number of rotatable bonds is 3. The molecule has 0 bridgehead atoms. The fraction of sp³-hybridized carbons (Fsp3) is 0.667. The zero-order chi connectivity index (χ0) is 8.91. The molecule has 0 rings (SSSR count). The molecule has 0 amide bonds. The molecule has 0 saturated heterocycles. The Morgan fingerprint density at radius 2 is 2.09 bits per heavy atom. The summed E-state index contributed by atoms with van der Waals surface area (Å²) in [5, 5.41) is 8.32. The maximum Gasteiger partial charge on any atom is 0.418 e. The summed E-state index contributed by atoms with van der Waals surface area (Å²) in [5.41, 5.74) is 0. The number of ether oxygens (including phenoxy) is 1. The number of halogens is 3. The third kappa shape index (κ3) is 4.66. The molecule has 5 heteroatoms. The Hall–Kier alpha value is -0.710. The van der Waals surface area contributed by atoms with E-state index in [2.05, 4.69) is 4.74 Å². The maximum absolute atomic E-state index is 11.5. The van der Waals surface area contributed by atoms with Crippen LogP contribution < -0.4 is 0 Å². The molecule has 0 aromatic heterocycles. The number of aliphatic hydroxyl groups excluding tert-OH is 1. The minimum atomic E-state index is -4.60. The van der Waals surface area contributed by atoms with Gasteiger partial charge in [-0.25, -0.2) is 0 Å². The van der Waals surface area contributed by atoms with Crippen LogP contribution >= 0.6 is 0 Å². The summed E-state index contributed by atoms with van der Waals surface area (Å²) < 4.78 is 39.0. The minimum absolute atomic E-state index is 0.279. The van der Waals surface area contributed by atoms with Gasteiger partial charge in [-0.15, -0.1) is 0 Å². The largest absolute Gasteiger partial charge is 0.502 e. The van der Waals surface area contributed by atoms with Crippen LogP contribution in [0.1, 0.15) is 6.92 Å². The van der Waals surface area contributed by atoms with Crippen LogP contribution in [0.15, 0.2) is 12.3 Å². The first-order chi connectivity index (χ1) is 4.98. The summed E-state index contributed by atoms with van der Waals surface area (Å²) in [6.07, 6.45) is -5.66. The summed E-state index contributed by atoms with van der Waals surface area (Å²) in [4.78, 5) is 0. The molecule has 2 nitrogen and oxygen atoms in total. The molecule has 1 atom stereocenters. The highest BCUT2D eigenvalue weighted by atomic mass is 19.4. The lowest BCUT2D eigenvalue weighted by molar-refractivity contribution is -0.188. The molecule has 11 heavy (non-hydrogen) atoms. The van der Waals surface area contributed by atoms with Crippen LogP contribution in [0.25, 0.3) is 0 Å². The van der Waals surface area contributed by atoms with Crippen molar-refractivity contribution in [1.82, 2.24) is 0 Å². The third-order valence-electron chi connectivity index (χ3n) is 0.859. The van der Waals surface area contributed by atoms with Crippen molar-refractivity contribution >= 4 is 0 Å². The standard InChI is InChI=1S/C6H9F3O2/c1-2-11-4-3-5(10)6(7,8)9/h3-5,10H,2H2,1H3/b4-3-/t5-/m0/s1. The van der Waals surface area contributed by atoms with Gasteiger partial charge in [-0.1, -0.05) is 0 Å². The van der Waals surface area contributed by atoms with Crippen molar-refractivity contribution in [2.24, 2.45) is 0 Å². The SMILES string of the molecule is CCO/C=C\[C@H](O)C(F)(F)F. The lowest BCUT2D eigenvalue weighted by Crippen LogP contribution is -2.26. The van der Waals surface area contributed by atoms with Crippen LogP contribution in [0.4, 0.5) is 13.2 Å². The van der Waals surface area contributed by atoms with Crippen LogP contribution in [0.3, 0.4) is 0 Å². The van der Waals surface area contributed by atoms with E-state index < -0.39 is 12.3 Å². The van der Waals surface area contributed by atoms with Crippen molar-refractivity contribution in [3.8, 4) is 0 Å². The quantitative estimate of drug-likeness (QED) is 0.649. The lowest BCUT2D eigenvalue weighted by atomic mass is 10.3. The molecule has 0 aromatic rings. The van der Waals surface area contributed by atoms with Gasteiger partial charge in [0.1, 0.15) is 0 Å². The Labute approximate surface area is 62.3 Å². The van der Waals surface area contributed by atoms with E-state index in [-0.39, 0.29) is 6.61 Å². The number of aliphatic hydroxyl groups is 1. The van der Waals surface area contributed by atoms with Gasteiger partial charge in [0.2, 0.25) is 0 Å². The molecular formula is C6H9F3O2. The first-order valence-electron chi connectivity index (χ1n) is 3.01. The molecule has 0 radical (unpaired) electrons. The van der Waals surface area contributed by atoms with Crippen molar-refractivity contribution in [2.75, 3.05) is 6.61 Å². The first kappa shape index (κ1) is 10.3. The summed E-state index contributed by atoms with van der Waals surface area (Å²) in [7, 11) is 0. The van der Waals surface area contributed by atoms with Crippen LogP contribution in [-0.2, 0) is 4.74 Å². The zero-order valence-electron chi connectivity index (χ0n) is 5.93. The fourth-order valence-electron chi connectivity index (χ4n) is 0.335. The normalized spacial score (nSPS) is 15.4. The molecular weight excluding hydrogens is 161 g/mol. The number of hydrogen-bond donors (Lipinski definition) is 1. The van der Waals surface area contributed by atoms with Gasteiger partial charge in [0.25, 0.3) is 0 Å². The van der Waals surface area contributed by atoms with Crippen molar-refractivity contribution in [3.63, 3.8) is 0 Å². The molecule has 0 aromatic carbocycles. The van der Waals surface area contributed by atoms with Gasteiger partial charge in [-0.05, 0) is 13.0 Å². The number of alkyl halides is 3. The molecule has 66 valence electrons. The lowest BCUT2D eigenvalue weighted by Gasteiger charge is -2.09. The average molecular weight is 170 g/mol. The van der Waals surface area contributed by atoms with E-state index in [0.717, 1.165) is 6.26 Å². The van der Waals surface area contributed by atoms with Crippen LogP contribution in [-0.4, -0.2) is 24.0 Å². The molecule has 0 saturated carbocycles.